The van der Waals surface area contributed by atoms with Crippen LogP contribution in [0, 0.1) is 0 Å². The van der Waals surface area contributed by atoms with Gasteiger partial charge in [-0.3, -0.25) is 5.10 Å². The number of rotatable bonds is 1. The van der Waals surface area contributed by atoms with E-state index in [9.17, 15) is 0 Å². The normalized spacial score (nSPS) is 24.2. The molecule has 0 spiro atoms. The number of hydrogen-bond donors (Lipinski definition) is 2. The van der Waals surface area contributed by atoms with Gasteiger partial charge in [0.15, 0.2) is 5.82 Å². The van der Waals surface area contributed by atoms with E-state index in [-0.39, 0.29) is 12.1 Å². The minimum Gasteiger partial charge on any atom is -0.370 e. The van der Waals surface area contributed by atoms with Gasteiger partial charge >= 0.3 is 0 Å². The molecule has 0 aliphatic carbocycles. The Morgan fingerprint density at radius 2 is 2.55 bits per heavy atom. The number of hydrogen-bond acceptors (Lipinski definition) is 4. The Morgan fingerprint density at radius 1 is 1.64 bits per heavy atom. The molecule has 1 atom stereocenters. The molecule has 3 N–H and O–H groups in total. The van der Waals surface area contributed by atoms with Gasteiger partial charge in [0.1, 0.15) is 6.10 Å². The van der Waals surface area contributed by atoms with E-state index in [1.165, 1.54) is 0 Å². The third-order valence-corrected chi connectivity index (χ3v) is 1.75. The van der Waals surface area contributed by atoms with Gasteiger partial charge in [-0.15, -0.1) is 5.10 Å². The molecule has 5 heteroatoms. The van der Waals surface area contributed by atoms with E-state index in [0.29, 0.717) is 0 Å². The number of nitrogens with two attached hydrogens (primary N) is 1. The fourth-order valence-electron chi connectivity index (χ4n) is 1.23. The SMILES string of the molecule is Nc1n[nH]c(C2CCCO2)n1. The smallest absolute Gasteiger partial charge is 0.239 e. The highest BCUT2D eigenvalue weighted by atomic mass is 16.5. The molecule has 0 saturated carbocycles. The molecule has 0 aromatic carbocycles. The van der Waals surface area contributed by atoms with Gasteiger partial charge in [-0.05, 0) is 12.8 Å². The molecule has 1 aliphatic heterocycles. The minimum atomic E-state index is 0.0831. The summed E-state index contributed by atoms with van der Waals surface area (Å²) in [7, 11) is 0. The van der Waals surface area contributed by atoms with Crippen LogP contribution in [-0.2, 0) is 4.74 Å². The largest absolute Gasteiger partial charge is 0.370 e. The van der Waals surface area contributed by atoms with Crippen molar-refractivity contribution in [3.05, 3.63) is 5.82 Å². The maximum absolute atomic E-state index is 5.36. The second kappa shape index (κ2) is 2.50. The van der Waals surface area contributed by atoms with Gasteiger partial charge in [0, 0.05) is 6.61 Å². The van der Waals surface area contributed by atoms with Crippen LogP contribution in [0.5, 0.6) is 0 Å². The van der Waals surface area contributed by atoms with E-state index >= 15 is 0 Å². The first-order chi connectivity index (χ1) is 5.36. The summed E-state index contributed by atoms with van der Waals surface area (Å²) in [6.45, 7) is 0.811. The lowest BCUT2D eigenvalue weighted by Crippen LogP contribution is -1.98. The summed E-state index contributed by atoms with van der Waals surface area (Å²) < 4.78 is 5.36. The first kappa shape index (κ1) is 6.60. The number of aromatic amines is 1. The molecule has 11 heavy (non-hydrogen) atoms. The molecule has 2 rings (SSSR count). The number of H-pyrrole nitrogens is 1. The number of aromatic nitrogens is 3. The van der Waals surface area contributed by atoms with Crippen molar-refractivity contribution in [1.82, 2.24) is 15.2 Å². The Kier molecular flexibility index (Phi) is 1.50. The summed E-state index contributed by atoms with van der Waals surface area (Å²) in [6, 6.07) is 0. The minimum absolute atomic E-state index is 0.0831. The Labute approximate surface area is 64.0 Å². The number of ether oxygens (including phenoxy) is 1. The quantitative estimate of drug-likeness (QED) is 0.607. The van der Waals surface area contributed by atoms with Crippen molar-refractivity contribution in [2.45, 2.75) is 18.9 Å². The second-order valence-electron chi connectivity index (χ2n) is 2.58. The lowest BCUT2D eigenvalue weighted by molar-refractivity contribution is 0.105. The fraction of sp³-hybridized carbons (Fsp3) is 0.667. The van der Waals surface area contributed by atoms with Crippen LogP contribution in [0.4, 0.5) is 5.95 Å². The summed E-state index contributed by atoms with van der Waals surface area (Å²) in [4.78, 5) is 3.98. The molecule has 1 fully saturated rings. The highest BCUT2D eigenvalue weighted by Gasteiger charge is 2.20. The molecule has 0 bridgehead atoms. The van der Waals surface area contributed by atoms with E-state index in [0.717, 1.165) is 25.3 Å². The van der Waals surface area contributed by atoms with E-state index in [2.05, 4.69) is 15.2 Å². The van der Waals surface area contributed by atoms with Crippen LogP contribution in [-0.4, -0.2) is 21.8 Å². The van der Waals surface area contributed by atoms with Gasteiger partial charge in [-0.25, -0.2) is 0 Å². The molecule has 1 saturated heterocycles. The zero-order chi connectivity index (χ0) is 7.68. The summed E-state index contributed by atoms with van der Waals surface area (Å²) in [5.74, 6) is 1.04. The summed E-state index contributed by atoms with van der Waals surface area (Å²) >= 11 is 0. The number of anilines is 1. The predicted octanol–water partition coefficient (Wildman–Crippen LogP) is 0.238. The predicted molar refractivity (Wildman–Crippen MR) is 38.7 cm³/mol. The number of nitrogens with one attached hydrogen (secondary N) is 1. The molecule has 1 unspecified atom stereocenters. The van der Waals surface area contributed by atoms with Gasteiger partial charge in [0.25, 0.3) is 0 Å². The zero-order valence-electron chi connectivity index (χ0n) is 6.08. The second-order valence-corrected chi connectivity index (χ2v) is 2.58. The highest BCUT2D eigenvalue weighted by molar-refractivity contribution is 5.13. The standard InChI is InChI=1S/C6H10N4O/c7-6-8-5(9-10-6)4-2-1-3-11-4/h4H,1-3H2,(H3,7,8,9,10). The van der Waals surface area contributed by atoms with Crippen molar-refractivity contribution >= 4 is 5.95 Å². The molecule has 1 aromatic rings. The number of nitrogens with zero attached hydrogens (tertiary/aromatic N) is 2. The van der Waals surface area contributed by atoms with Crippen LogP contribution in [0.15, 0.2) is 0 Å². The molecule has 60 valence electrons. The van der Waals surface area contributed by atoms with Gasteiger partial charge in [-0.1, -0.05) is 0 Å². The summed E-state index contributed by atoms with van der Waals surface area (Å²) in [5.41, 5.74) is 5.34. The Morgan fingerprint density at radius 3 is 3.09 bits per heavy atom. The van der Waals surface area contributed by atoms with Gasteiger partial charge < -0.3 is 10.5 Å². The van der Waals surface area contributed by atoms with Crippen LogP contribution < -0.4 is 5.73 Å². The summed E-state index contributed by atoms with van der Waals surface area (Å²) in [6.07, 6.45) is 2.18. The van der Waals surface area contributed by atoms with Crippen molar-refractivity contribution in [1.29, 1.82) is 0 Å². The fourth-order valence-corrected chi connectivity index (χ4v) is 1.23. The van der Waals surface area contributed by atoms with Crippen molar-refractivity contribution in [2.24, 2.45) is 0 Å². The van der Waals surface area contributed by atoms with Crippen molar-refractivity contribution in [3.63, 3.8) is 0 Å². The first-order valence-electron chi connectivity index (χ1n) is 3.65. The van der Waals surface area contributed by atoms with Crippen molar-refractivity contribution in [2.75, 3.05) is 12.3 Å². The summed E-state index contributed by atoms with van der Waals surface area (Å²) in [5, 5.41) is 6.46. The maximum Gasteiger partial charge on any atom is 0.239 e. The van der Waals surface area contributed by atoms with E-state index < -0.39 is 0 Å². The lowest BCUT2D eigenvalue weighted by atomic mass is 10.2. The van der Waals surface area contributed by atoms with Crippen molar-refractivity contribution < 1.29 is 4.74 Å². The average Bonchev–Trinajstić information content (AvgIpc) is 2.55. The van der Waals surface area contributed by atoms with Crippen LogP contribution in [0.25, 0.3) is 0 Å². The number of nitrogen functional groups attached to an aromatic ring is 1. The van der Waals surface area contributed by atoms with Gasteiger partial charge in [0.05, 0.1) is 0 Å². The topological polar surface area (TPSA) is 76.8 Å². The first-order valence-corrected chi connectivity index (χ1v) is 3.65. The molecular formula is C6H10N4O. The zero-order valence-corrected chi connectivity index (χ0v) is 6.08. The van der Waals surface area contributed by atoms with Crippen molar-refractivity contribution in [3.8, 4) is 0 Å². The van der Waals surface area contributed by atoms with Crippen LogP contribution in [0.3, 0.4) is 0 Å². The molecule has 2 heterocycles. The van der Waals surface area contributed by atoms with E-state index in [1.54, 1.807) is 0 Å². The Hall–Kier alpha value is -1.10. The van der Waals surface area contributed by atoms with Crippen LogP contribution >= 0.6 is 0 Å². The van der Waals surface area contributed by atoms with Crippen LogP contribution in [0.2, 0.25) is 0 Å². The van der Waals surface area contributed by atoms with Gasteiger partial charge in [0.2, 0.25) is 5.95 Å². The highest BCUT2D eigenvalue weighted by Crippen LogP contribution is 2.25. The maximum atomic E-state index is 5.36. The monoisotopic (exact) mass is 154 g/mol. The molecule has 1 aliphatic rings. The Bertz CT molecular complexity index is 240. The van der Waals surface area contributed by atoms with Gasteiger partial charge in [-0.2, -0.15) is 4.98 Å². The molecular weight excluding hydrogens is 144 g/mol. The molecule has 1 aromatic heterocycles. The van der Waals surface area contributed by atoms with E-state index in [4.69, 9.17) is 10.5 Å². The molecule has 0 amide bonds. The Balaban J connectivity index is 2.15. The molecule has 0 radical (unpaired) electrons. The van der Waals surface area contributed by atoms with Crippen LogP contribution in [0.1, 0.15) is 24.8 Å². The molecule has 5 nitrogen and oxygen atoms in total. The van der Waals surface area contributed by atoms with E-state index in [1.807, 2.05) is 0 Å². The third kappa shape index (κ3) is 1.19. The third-order valence-electron chi connectivity index (χ3n) is 1.75. The average molecular weight is 154 g/mol. The lowest BCUT2D eigenvalue weighted by Gasteiger charge is -2.02.